The smallest absolute Gasteiger partial charge is 0.305 e. The second kappa shape index (κ2) is 17.1. The molecule has 1 atom stereocenters. The number of nitrogens with zero attached hydrogens (tertiary/aromatic N) is 1. The van der Waals surface area contributed by atoms with Crippen LogP contribution in [0.1, 0.15) is 85.5 Å². The fourth-order valence-corrected chi connectivity index (χ4v) is 2.70. The van der Waals surface area contributed by atoms with Crippen LogP contribution in [-0.2, 0) is 23.9 Å². The number of hydrogen-bond acceptors (Lipinski definition) is 5. The summed E-state index contributed by atoms with van der Waals surface area (Å²) in [6.45, 7) is 8.24. The van der Waals surface area contributed by atoms with Crippen molar-refractivity contribution in [3.05, 3.63) is 0 Å². The third kappa shape index (κ3) is 15.1. The second-order valence-electron chi connectivity index (χ2n) is 6.82. The molecule has 0 aliphatic heterocycles. The van der Waals surface area contributed by atoms with Crippen molar-refractivity contribution in [3.8, 4) is 11.8 Å². The first-order chi connectivity index (χ1) is 13.4. The molecule has 0 aromatic rings. The number of carbonyl (C=O) groups excluding carboxylic acids is 3. The maximum Gasteiger partial charge on any atom is 0.305 e. The van der Waals surface area contributed by atoms with Crippen LogP contribution in [0, 0.1) is 11.8 Å². The quantitative estimate of drug-likeness (QED) is 0.254. The lowest BCUT2D eigenvalue weighted by atomic mass is 10.1. The van der Waals surface area contributed by atoms with Gasteiger partial charge in [0.15, 0.2) is 6.10 Å². The Balaban J connectivity index is 4.28. The van der Waals surface area contributed by atoms with Crippen LogP contribution in [0.3, 0.4) is 0 Å². The maximum atomic E-state index is 11.8. The molecule has 0 saturated carbocycles. The summed E-state index contributed by atoms with van der Waals surface area (Å²) in [6, 6.07) is 0. The van der Waals surface area contributed by atoms with Gasteiger partial charge in [-0.1, -0.05) is 44.4 Å². The zero-order valence-electron chi connectivity index (χ0n) is 18.1. The summed E-state index contributed by atoms with van der Waals surface area (Å²) in [5.41, 5.74) is 0. The molecular weight excluding hydrogens is 358 g/mol. The van der Waals surface area contributed by atoms with Crippen molar-refractivity contribution in [2.45, 2.75) is 91.6 Å². The van der Waals surface area contributed by atoms with E-state index in [0.29, 0.717) is 26.1 Å². The minimum Gasteiger partial charge on any atom is -0.466 e. The van der Waals surface area contributed by atoms with Crippen molar-refractivity contribution in [1.29, 1.82) is 0 Å². The summed E-state index contributed by atoms with van der Waals surface area (Å²) in [5.74, 6) is 5.49. The Morgan fingerprint density at radius 1 is 0.964 bits per heavy atom. The molecule has 6 nitrogen and oxygen atoms in total. The first kappa shape index (κ1) is 26.0. The predicted octanol–water partition coefficient (Wildman–Crippen LogP) is 3.86. The fourth-order valence-electron chi connectivity index (χ4n) is 2.70. The van der Waals surface area contributed by atoms with E-state index < -0.39 is 6.10 Å². The summed E-state index contributed by atoms with van der Waals surface area (Å²) in [6.07, 6.45) is 7.46. The molecule has 0 spiro atoms. The number of rotatable bonds is 14. The lowest BCUT2D eigenvalue weighted by molar-refractivity contribution is -0.144. The van der Waals surface area contributed by atoms with E-state index in [0.717, 1.165) is 51.4 Å². The highest BCUT2D eigenvalue weighted by Gasteiger charge is 2.10. The zero-order chi connectivity index (χ0) is 21.2. The summed E-state index contributed by atoms with van der Waals surface area (Å²) < 4.78 is 10.1. The Kier molecular flexibility index (Phi) is 15.9. The van der Waals surface area contributed by atoms with Gasteiger partial charge in [-0.15, -0.1) is 0 Å². The molecular formula is C22H37NO5. The number of unbranched alkanes of at least 4 members (excludes halogenated alkanes) is 5. The molecule has 1 amide bonds. The molecule has 0 unspecified atom stereocenters. The van der Waals surface area contributed by atoms with Crippen LogP contribution >= 0.6 is 0 Å². The van der Waals surface area contributed by atoms with Gasteiger partial charge < -0.3 is 14.4 Å². The standard InChI is InChI=1S/C22H37NO5/c1-5-7-10-14-21(28-20(4)25)15-13-18-23(19(3)24)17-12-9-8-11-16-22(26)27-6-2/h21H,5-12,14,16-18H2,1-4H3/t21-/m1/s1. The number of hydrogen-bond donors (Lipinski definition) is 0. The summed E-state index contributed by atoms with van der Waals surface area (Å²) in [4.78, 5) is 36.0. The molecule has 0 heterocycles. The van der Waals surface area contributed by atoms with Gasteiger partial charge in [-0.05, 0) is 32.6 Å². The minimum atomic E-state index is -0.402. The molecule has 0 saturated heterocycles. The molecule has 0 N–H and O–H groups in total. The van der Waals surface area contributed by atoms with Crippen molar-refractivity contribution >= 4 is 17.8 Å². The Morgan fingerprint density at radius 3 is 2.29 bits per heavy atom. The maximum absolute atomic E-state index is 11.8. The van der Waals surface area contributed by atoms with E-state index in [-0.39, 0.29) is 17.8 Å². The first-order valence-corrected chi connectivity index (χ1v) is 10.5. The molecule has 0 rings (SSSR count). The Hall–Kier alpha value is -2.03. The number of ether oxygens (including phenoxy) is 2. The average Bonchev–Trinajstić information content (AvgIpc) is 2.62. The zero-order valence-corrected chi connectivity index (χ0v) is 18.1. The largest absolute Gasteiger partial charge is 0.466 e. The van der Waals surface area contributed by atoms with Gasteiger partial charge in [0.1, 0.15) is 0 Å². The number of amides is 1. The Morgan fingerprint density at radius 2 is 1.68 bits per heavy atom. The topological polar surface area (TPSA) is 72.9 Å². The van der Waals surface area contributed by atoms with Crippen LogP contribution in [0.5, 0.6) is 0 Å². The lowest BCUT2D eigenvalue weighted by Gasteiger charge is -2.18. The van der Waals surface area contributed by atoms with Crippen LogP contribution in [-0.4, -0.2) is 48.5 Å². The van der Waals surface area contributed by atoms with Gasteiger partial charge in [-0.25, -0.2) is 0 Å². The molecule has 0 radical (unpaired) electrons. The van der Waals surface area contributed by atoms with Crippen molar-refractivity contribution in [3.63, 3.8) is 0 Å². The van der Waals surface area contributed by atoms with Crippen LogP contribution < -0.4 is 0 Å². The summed E-state index contributed by atoms with van der Waals surface area (Å²) in [5, 5.41) is 0. The Labute approximate surface area is 170 Å². The van der Waals surface area contributed by atoms with Crippen molar-refractivity contribution < 1.29 is 23.9 Å². The van der Waals surface area contributed by atoms with E-state index in [2.05, 4.69) is 18.8 Å². The molecule has 0 aliphatic rings. The van der Waals surface area contributed by atoms with Gasteiger partial charge in [-0.3, -0.25) is 14.4 Å². The van der Waals surface area contributed by atoms with Gasteiger partial charge in [0.25, 0.3) is 0 Å². The molecule has 0 aliphatic carbocycles. The van der Waals surface area contributed by atoms with E-state index in [4.69, 9.17) is 9.47 Å². The highest BCUT2D eigenvalue weighted by molar-refractivity contribution is 5.73. The van der Waals surface area contributed by atoms with Gasteiger partial charge in [0.2, 0.25) is 5.91 Å². The predicted molar refractivity (Wildman–Crippen MR) is 109 cm³/mol. The Bertz CT molecular complexity index is 521. The monoisotopic (exact) mass is 395 g/mol. The van der Waals surface area contributed by atoms with E-state index in [1.807, 2.05) is 0 Å². The molecule has 160 valence electrons. The average molecular weight is 396 g/mol. The van der Waals surface area contributed by atoms with Crippen LogP contribution in [0.4, 0.5) is 0 Å². The third-order valence-corrected chi connectivity index (χ3v) is 4.22. The molecule has 0 aromatic carbocycles. The van der Waals surface area contributed by atoms with Gasteiger partial charge in [-0.2, -0.15) is 0 Å². The number of esters is 2. The molecule has 0 bridgehead atoms. The first-order valence-electron chi connectivity index (χ1n) is 10.5. The van der Waals surface area contributed by atoms with Crippen molar-refractivity contribution in [2.75, 3.05) is 19.7 Å². The molecule has 6 heteroatoms. The van der Waals surface area contributed by atoms with Gasteiger partial charge in [0.05, 0.1) is 13.2 Å². The third-order valence-electron chi connectivity index (χ3n) is 4.22. The highest BCUT2D eigenvalue weighted by Crippen LogP contribution is 2.07. The van der Waals surface area contributed by atoms with Crippen LogP contribution in [0.2, 0.25) is 0 Å². The molecule has 28 heavy (non-hydrogen) atoms. The number of carbonyl (C=O) groups is 3. The highest BCUT2D eigenvalue weighted by atomic mass is 16.5. The lowest BCUT2D eigenvalue weighted by Crippen LogP contribution is -2.30. The fraction of sp³-hybridized carbons (Fsp3) is 0.773. The van der Waals surface area contributed by atoms with Crippen LogP contribution in [0.25, 0.3) is 0 Å². The van der Waals surface area contributed by atoms with E-state index in [9.17, 15) is 14.4 Å². The van der Waals surface area contributed by atoms with E-state index in [1.54, 1.807) is 11.8 Å². The van der Waals surface area contributed by atoms with Crippen molar-refractivity contribution in [2.24, 2.45) is 0 Å². The summed E-state index contributed by atoms with van der Waals surface area (Å²) in [7, 11) is 0. The van der Waals surface area contributed by atoms with Gasteiger partial charge >= 0.3 is 11.9 Å². The van der Waals surface area contributed by atoms with Crippen molar-refractivity contribution in [1.82, 2.24) is 4.90 Å². The van der Waals surface area contributed by atoms with E-state index in [1.165, 1.54) is 13.8 Å². The minimum absolute atomic E-state index is 0.0177. The normalized spacial score (nSPS) is 11.1. The summed E-state index contributed by atoms with van der Waals surface area (Å²) >= 11 is 0. The SMILES string of the molecule is CCCCC[C@H](C#CCN(CCCCCCC(=O)OCC)C(C)=O)OC(C)=O. The van der Waals surface area contributed by atoms with E-state index >= 15 is 0 Å². The molecule has 0 aromatic heterocycles. The van der Waals surface area contributed by atoms with Gasteiger partial charge in [0, 0.05) is 26.8 Å². The second-order valence-corrected chi connectivity index (χ2v) is 6.82. The van der Waals surface area contributed by atoms with Crippen LogP contribution in [0.15, 0.2) is 0 Å². The molecule has 0 fully saturated rings.